The quantitative estimate of drug-likeness (QED) is 0.569. The van der Waals surface area contributed by atoms with Crippen LogP contribution in [0.2, 0.25) is 0 Å². The van der Waals surface area contributed by atoms with Gasteiger partial charge in [-0.3, -0.25) is 0 Å². The predicted octanol–water partition coefficient (Wildman–Crippen LogP) is 4.35. The summed E-state index contributed by atoms with van der Waals surface area (Å²) in [7, 11) is 2.05. The van der Waals surface area contributed by atoms with Gasteiger partial charge in [0.2, 0.25) is 0 Å². The van der Waals surface area contributed by atoms with E-state index in [0.717, 1.165) is 24.8 Å². The van der Waals surface area contributed by atoms with E-state index in [1.807, 2.05) is 44.3 Å². The van der Waals surface area contributed by atoms with E-state index >= 15 is 0 Å². The monoisotopic (exact) mass is 295 g/mol. The summed E-state index contributed by atoms with van der Waals surface area (Å²) in [6.45, 7) is 4.11. The third-order valence-electron chi connectivity index (χ3n) is 3.81. The van der Waals surface area contributed by atoms with Crippen molar-refractivity contribution in [3.63, 3.8) is 0 Å². The highest BCUT2D eigenvalue weighted by atomic mass is 35.5. The zero-order valence-corrected chi connectivity index (χ0v) is 13.5. The fourth-order valence-corrected chi connectivity index (χ4v) is 2.52. The smallest absolute Gasteiger partial charge is 0.0990 e. The summed E-state index contributed by atoms with van der Waals surface area (Å²) in [5, 5.41) is 10.5. The standard InChI is InChI=1S/C17H26ClNO/c1-4-16(12-8-9-13-18)19(3)14(2)17(20)15-10-6-5-7-11-15/h4-7,10-11,14,17,20H,8-9,12-13H2,1-3H3/b16-4-/t14-,17+/m1/s1. The van der Waals surface area contributed by atoms with Gasteiger partial charge in [-0.15, -0.1) is 11.6 Å². The molecule has 0 unspecified atom stereocenters. The number of alkyl halides is 1. The summed E-state index contributed by atoms with van der Waals surface area (Å²) in [4.78, 5) is 2.17. The highest BCUT2D eigenvalue weighted by Crippen LogP contribution is 2.24. The molecule has 0 spiro atoms. The van der Waals surface area contributed by atoms with Gasteiger partial charge in [0.1, 0.15) is 0 Å². The molecule has 2 nitrogen and oxygen atoms in total. The fraction of sp³-hybridized carbons (Fsp3) is 0.529. The van der Waals surface area contributed by atoms with Crippen molar-refractivity contribution in [3.8, 4) is 0 Å². The minimum Gasteiger partial charge on any atom is -0.386 e. The first-order valence-electron chi connectivity index (χ1n) is 7.28. The molecule has 0 radical (unpaired) electrons. The van der Waals surface area contributed by atoms with Gasteiger partial charge in [-0.1, -0.05) is 36.4 Å². The highest BCUT2D eigenvalue weighted by Gasteiger charge is 2.21. The van der Waals surface area contributed by atoms with E-state index in [2.05, 4.69) is 17.9 Å². The fourth-order valence-electron chi connectivity index (χ4n) is 2.33. The minimum absolute atomic E-state index is 0.0413. The van der Waals surface area contributed by atoms with Gasteiger partial charge in [0.25, 0.3) is 0 Å². The van der Waals surface area contributed by atoms with E-state index in [4.69, 9.17) is 11.6 Å². The maximum atomic E-state index is 10.5. The average Bonchev–Trinajstić information content (AvgIpc) is 2.50. The lowest BCUT2D eigenvalue weighted by atomic mass is 10.0. The van der Waals surface area contributed by atoms with Crippen LogP contribution in [-0.2, 0) is 0 Å². The van der Waals surface area contributed by atoms with Gasteiger partial charge < -0.3 is 10.0 Å². The van der Waals surface area contributed by atoms with Crippen LogP contribution in [0.1, 0.15) is 44.8 Å². The first-order chi connectivity index (χ1) is 9.61. The lowest BCUT2D eigenvalue weighted by molar-refractivity contribution is 0.0871. The molecule has 1 aromatic rings. The molecule has 2 atom stereocenters. The maximum Gasteiger partial charge on any atom is 0.0990 e. The van der Waals surface area contributed by atoms with Crippen molar-refractivity contribution in [1.29, 1.82) is 0 Å². The number of hydrogen-bond acceptors (Lipinski definition) is 2. The van der Waals surface area contributed by atoms with Gasteiger partial charge in [0.05, 0.1) is 12.1 Å². The molecular formula is C17H26ClNO. The molecule has 3 heteroatoms. The predicted molar refractivity (Wildman–Crippen MR) is 87.0 cm³/mol. The first kappa shape index (κ1) is 17.1. The Labute approximate surface area is 128 Å². The third-order valence-corrected chi connectivity index (χ3v) is 4.08. The van der Waals surface area contributed by atoms with Crippen molar-refractivity contribution >= 4 is 11.6 Å². The second-order valence-corrected chi connectivity index (χ2v) is 5.51. The normalized spacial score (nSPS) is 14.9. The Hall–Kier alpha value is -0.990. The van der Waals surface area contributed by atoms with Crippen molar-refractivity contribution in [1.82, 2.24) is 4.90 Å². The number of halogens is 1. The summed E-state index contributed by atoms with van der Waals surface area (Å²) < 4.78 is 0. The van der Waals surface area contributed by atoms with E-state index in [1.165, 1.54) is 5.70 Å². The SMILES string of the molecule is C/C=C(/CCCCCl)N(C)[C@H](C)[C@H](O)c1ccccc1. The molecule has 0 saturated carbocycles. The molecule has 112 valence electrons. The molecule has 1 N–H and O–H groups in total. The van der Waals surface area contributed by atoms with E-state index < -0.39 is 6.10 Å². The Morgan fingerprint density at radius 1 is 1.30 bits per heavy atom. The van der Waals surface area contributed by atoms with Gasteiger partial charge in [-0.2, -0.15) is 0 Å². The lowest BCUT2D eigenvalue weighted by Gasteiger charge is -2.33. The summed E-state index contributed by atoms with van der Waals surface area (Å²) in [5.74, 6) is 0.711. The van der Waals surface area contributed by atoms with Crippen LogP contribution >= 0.6 is 11.6 Å². The zero-order chi connectivity index (χ0) is 15.0. The molecule has 1 aromatic carbocycles. The van der Waals surface area contributed by atoms with Gasteiger partial charge in [0, 0.05) is 18.6 Å². The van der Waals surface area contributed by atoms with Crippen LogP contribution in [0.5, 0.6) is 0 Å². The van der Waals surface area contributed by atoms with Crippen LogP contribution in [0.4, 0.5) is 0 Å². The number of rotatable bonds is 8. The van der Waals surface area contributed by atoms with Gasteiger partial charge >= 0.3 is 0 Å². The molecule has 0 saturated heterocycles. The molecule has 1 rings (SSSR count). The highest BCUT2D eigenvalue weighted by molar-refractivity contribution is 6.17. The number of unbranched alkanes of at least 4 members (excludes halogenated alkanes) is 1. The number of hydrogen-bond donors (Lipinski definition) is 1. The van der Waals surface area contributed by atoms with E-state index in [1.54, 1.807) is 0 Å². The molecule has 0 amide bonds. The molecule has 0 fully saturated rings. The maximum absolute atomic E-state index is 10.5. The number of nitrogens with zero attached hydrogens (tertiary/aromatic N) is 1. The largest absolute Gasteiger partial charge is 0.386 e. The second kappa shape index (κ2) is 9.04. The van der Waals surface area contributed by atoms with Gasteiger partial charge in [0.15, 0.2) is 0 Å². The van der Waals surface area contributed by atoms with Crippen molar-refractivity contribution in [2.45, 2.75) is 45.3 Å². The second-order valence-electron chi connectivity index (χ2n) is 5.13. The van der Waals surface area contributed by atoms with E-state index in [0.29, 0.717) is 5.88 Å². The Kier molecular flexibility index (Phi) is 7.71. The van der Waals surface area contributed by atoms with Crippen molar-refractivity contribution in [2.75, 3.05) is 12.9 Å². The van der Waals surface area contributed by atoms with Crippen LogP contribution in [0, 0.1) is 0 Å². The number of aliphatic hydroxyl groups is 1. The molecular weight excluding hydrogens is 270 g/mol. The average molecular weight is 296 g/mol. The Bertz CT molecular complexity index is 405. The van der Waals surface area contributed by atoms with Crippen LogP contribution in [0.25, 0.3) is 0 Å². The summed E-state index contributed by atoms with van der Waals surface area (Å²) in [5.41, 5.74) is 2.22. The summed E-state index contributed by atoms with van der Waals surface area (Å²) in [6, 6.07) is 9.87. The molecule has 0 bridgehead atoms. The number of allylic oxidation sites excluding steroid dienone is 2. The van der Waals surface area contributed by atoms with Crippen LogP contribution < -0.4 is 0 Å². The Morgan fingerprint density at radius 3 is 2.50 bits per heavy atom. The molecule has 0 aromatic heterocycles. The lowest BCUT2D eigenvalue weighted by Crippen LogP contribution is -2.33. The van der Waals surface area contributed by atoms with Crippen molar-refractivity contribution in [2.24, 2.45) is 0 Å². The van der Waals surface area contributed by atoms with Gasteiger partial charge in [-0.25, -0.2) is 0 Å². The number of aliphatic hydroxyl groups excluding tert-OH is 1. The van der Waals surface area contributed by atoms with Crippen molar-refractivity contribution in [3.05, 3.63) is 47.7 Å². The molecule has 20 heavy (non-hydrogen) atoms. The zero-order valence-electron chi connectivity index (χ0n) is 12.7. The molecule has 0 aliphatic heterocycles. The third kappa shape index (κ3) is 4.84. The topological polar surface area (TPSA) is 23.5 Å². The Morgan fingerprint density at radius 2 is 1.95 bits per heavy atom. The molecule has 0 aliphatic rings. The first-order valence-corrected chi connectivity index (χ1v) is 7.82. The van der Waals surface area contributed by atoms with Crippen LogP contribution in [0.15, 0.2) is 42.1 Å². The van der Waals surface area contributed by atoms with Gasteiger partial charge in [-0.05, 0) is 38.7 Å². The number of likely N-dealkylation sites (N-methyl/N-ethyl adjacent to an activating group) is 1. The van der Waals surface area contributed by atoms with Crippen LogP contribution in [-0.4, -0.2) is 29.0 Å². The summed E-state index contributed by atoms with van der Waals surface area (Å²) >= 11 is 5.73. The minimum atomic E-state index is -0.482. The Balaban J connectivity index is 2.67. The van der Waals surface area contributed by atoms with Crippen LogP contribution in [0.3, 0.4) is 0 Å². The number of benzene rings is 1. The van der Waals surface area contributed by atoms with Crippen molar-refractivity contribution < 1.29 is 5.11 Å². The molecule has 0 aliphatic carbocycles. The van der Waals surface area contributed by atoms with E-state index in [-0.39, 0.29) is 6.04 Å². The summed E-state index contributed by atoms with van der Waals surface area (Å²) in [6.07, 6.45) is 4.77. The molecule has 0 heterocycles. The van der Waals surface area contributed by atoms with E-state index in [9.17, 15) is 5.11 Å².